The maximum atomic E-state index is 12.9. The fraction of sp³-hybridized carbons (Fsp3) is 0.111. The molecule has 0 bridgehead atoms. The SMILES string of the molecule is O=C1CC(c2ccc3c(c2)OCO3)=C1NC(=O)c1ccc(F)cc1. The number of carbonyl (C=O) groups excluding carboxylic acids is 2. The Hall–Kier alpha value is -3.15. The highest BCUT2D eigenvalue weighted by atomic mass is 19.1. The molecule has 0 radical (unpaired) electrons. The highest BCUT2D eigenvalue weighted by Crippen LogP contribution is 2.38. The second-order valence-corrected chi connectivity index (χ2v) is 5.48. The van der Waals surface area contributed by atoms with E-state index in [0.717, 1.165) is 11.1 Å². The number of ketones is 1. The maximum absolute atomic E-state index is 12.9. The van der Waals surface area contributed by atoms with Gasteiger partial charge in [-0.15, -0.1) is 0 Å². The number of Topliss-reactive ketones (excluding diaryl/α,β-unsaturated/α-hetero) is 1. The third-order valence-electron chi connectivity index (χ3n) is 3.98. The van der Waals surface area contributed by atoms with Crippen LogP contribution in [0.4, 0.5) is 4.39 Å². The highest BCUT2D eigenvalue weighted by Gasteiger charge is 2.30. The molecule has 2 aromatic carbocycles. The van der Waals surface area contributed by atoms with Crippen molar-refractivity contribution in [3.05, 3.63) is 65.1 Å². The smallest absolute Gasteiger partial charge is 0.255 e. The van der Waals surface area contributed by atoms with Crippen molar-refractivity contribution in [2.24, 2.45) is 0 Å². The van der Waals surface area contributed by atoms with Crippen molar-refractivity contribution in [3.8, 4) is 11.5 Å². The molecule has 4 rings (SSSR count). The molecule has 0 saturated carbocycles. The Kier molecular flexibility index (Phi) is 3.30. The minimum absolute atomic E-state index is 0.141. The molecule has 5 nitrogen and oxygen atoms in total. The summed E-state index contributed by atoms with van der Waals surface area (Å²) in [6.45, 7) is 0.172. The van der Waals surface area contributed by atoms with Crippen LogP contribution in [-0.4, -0.2) is 18.5 Å². The average molecular weight is 325 g/mol. The van der Waals surface area contributed by atoms with Crippen LogP contribution >= 0.6 is 0 Å². The van der Waals surface area contributed by atoms with Crippen molar-refractivity contribution >= 4 is 17.3 Å². The standard InChI is InChI=1S/C18H12FNO4/c19-12-4-1-10(2-5-12)18(22)20-17-13(8-14(17)21)11-3-6-15-16(7-11)24-9-23-15/h1-7H,8-9H2,(H,20,22). The maximum Gasteiger partial charge on any atom is 0.255 e. The minimum Gasteiger partial charge on any atom is -0.454 e. The predicted molar refractivity (Wildman–Crippen MR) is 83.0 cm³/mol. The molecule has 0 fully saturated rings. The summed E-state index contributed by atoms with van der Waals surface area (Å²) >= 11 is 0. The molecular weight excluding hydrogens is 313 g/mol. The molecule has 0 spiro atoms. The number of fused-ring (bicyclic) bond motifs is 1. The van der Waals surface area contributed by atoms with Crippen LogP contribution in [-0.2, 0) is 4.79 Å². The largest absolute Gasteiger partial charge is 0.454 e. The molecule has 120 valence electrons. The van der Waals surface area contributed by atoms with Crippen molar-refractivity contribution in [2.45, 2.75) is 6.42 Å². The van der Waals surface area contributed by atoms with Gasteiger partial charge in [-0.1, -0.05) is 6.07 Å². The first kappa shape index (κ1) is 14.4. The van der Waals surface area contributed by atoms with E-state index in [2.05, 4.69) is 5.32 Å². The first-order valence-electron chi connectivity index (χ1n) is 7.35. The lowest BCUT2D eigenvalue weighted by molar-refractivity contribution is -0.116. The predicted octanol–water partition coefficient (Wildman–Crippen LogP) is 2.67. The Labute approximate surface area is 136 Å². The first-order valence-corrected chi connectivity index (χ1v) is 7.35. The van der Waals surface area contributed by atoms with Gasteiger partial charge in [0.15, 0.2) is 17.3 Å². The van der Waals surface area contributed by atoms with E-state index in [1.165, 1.54) is 24.3 Å². The van der Waals surface area contributed by atoms with Crippen LogP contribution in [0.15, 0.2) is 48.2 Å². The second kappa shape index (κ2) is 5.49. The number of ether oxygens (including phenoxy) is 2. The summed E-state index contributed by atoms with van der Waals surface area (Å²) in [5.41, 5.74) is 2.10. The number of amides is 1. The van der Waals surface area contributed by atoms with Crippen LogP contribution in [0.5, 0.6) is 11.5 Å². The molecule has 1 aliphatic carbocycles. The lowest BCUT2D eigenvalue weighted by Crippen LogP contribution is -2.34. The lowest BCUT2D eigenvalue weighted by Gasteiger charge is -2.23. The van der Waals surface area contributed by atoms with E-state index < -0.39 is 11.7 Å². The van der Waals surface area contributed by atoms with E-state index in [0.29, 0.717) is 11.5 Å². The Balaban J connectivity index is 1.61. The van der Waals surface area contributed by atoms with Crippen LogP contribution in [0.3, 0.4) is 0 Å². The molecule has 6 heteroatoms. The summed E-state index contributed by atoms with van der Waals surface area (Å²) in [5.74, 6) is 0.256. The van der Waals surface area contributed by atoms with Crippen molar-refractivity contribution in [3.63, 3.8) is 0 Å². The third-order valence-corrected chi connectivity index (χ3v) is 3.98. The van der Waals surface area contributed by atoms with Gasteiger partial charge in [-0.3, -0.25) is 9.59 Å². The highest BCUT2D eigenvalue weighted by molar-refractivity contribution is 6.19. The quantitative estimate of drug-likeness (QED) is 0.942. The molecule has 0 atom stereocenters. The normalized spacial score (nSPS) is 15.3. The summed E-state index contributed by atoms with van der Waals surface area (Å²) in [6.07, 6.45) is 0.249. The molecule has 1 heterocycles. The van der Waals surface area contributed by atoms with E-state index in [1.807, 2.05) is 6.07 Å². The van der Waals surface area contributed by atoms with Gasteiger partial charge in [0.1, 0.15) is 5.82 Å². The molecule has 0 aromatic heterocycles. The fourth-order valence-corrected chi connectivity index (χ4v) is 2.66. The molecule has 1 N–H and O–H groups in total. The van der Waals surface area contributed by atoms with Crippen molar-refractivity contribution in [2.75, 3.05) is 6.79 Å². The van der Waals surface area contributed by atoms with E-state index in [1.54, 1.807) is 12.1 Å². The summed E-state index contributed by atoms with van der Waals surface area (Å²) in [4.78, 5) is 24.1. The third kappa shape index (κ3) is 2.42. The van der Waals surface area contributed by atoms with Crippen LogP contribution in [0.25, 0.3) is 5.57 Å². The van der Waals surface area contributed by atoms with Gasteiger partial charge in [-0.05, 0) is 47.5 Å². The summed E-state index contributed by atoms with van der Waals surface area (Å²) in [7, 11) is 0. The van der Waals surface area contributed by atoms with E-state index in [-0.39, 0.29) is 30.3 Å². The summed E-state index contributed by atoms with van der Waals surface area (Å²) in [6, 6.07) is 10.5. The van der Waals surface area contributed by atoms with Gasteiger partial charge in [-0.2, -0.15) is 0 Å². The van der Waals surface area contributed by atoms with Crippen LogP contribution < -0.4 is 14.8 Å². The van der Waals surface area contributed by atoms with Crippen molar-refractivity contribution in [1.82, 2.24) is 5.32 Å². The topological polar surface area (TPSA) is 64.6 Å². The first-order chi connectivity index (χ1) is 11.6. The molecule has 0 saturated heterocycles. The average Bonchev–Trinajstić information content (AvgIpc) is 3.05. The van der Waals surface area contributed by atoms with Crippen LogP contribution in [0.1, 0.15) is 22.3 Å². The van der Waals surface area contributed by atoms with Gasteiger partial charge < -0.3 is 14.8 Å². The minimum atomic E-state index is -0.448. The number of allylic oxidation sites excluding steroid dienone is 2. The Morgan fingerprint density at radius 3 is 2.54 bits per heavy atom. The number of nitrogens with one attached hydrogen (secondary N) is 1. The summed E-state index contributed by atoms with van der Waals surface area (Å²) < 4.78 is 23.5. The van der Waals surface area contributed by atoms with Gasteiger partial charge in [0.2, 0.25) is 6.79 Å². The zero-order valence-corrected chi connectivity index (χ0v) is 12.5. The van der Waals surface area contributed by atoms with E-state index >= 15 is 0 Å². The molecule has 1 aliphatic heterocycles. The Morgan fingerprint density at radius 2 is 1.79 bits per heavy atom. The van der Waals surface area contributed by atoms with Gasteiger partial charge in [-0.25, -0.2) is 4.39 Å². The van der Waals surface area contributed by atoms with Gasteiger partial charge >= 0.3 is 0 Å². The molecule has 24 heavy (non-hydrogen) atoms. The monoisotopic (exact) mass is 325 g/mol. The number of carbonyl (C=O) groups is 2. The van der Waals surface area contributed by atoms with Gasteiger partial charge in [0.05, 0.1) is 5.70 Å². The summed E-state index contributed by atoms with van der Waals surface area (Å²) in [5, 5.41) is 2.61. The van der Waals surface area contributed by atoms with E-state index in [4.69, 9.17) is 9.47 Å². The van der Waals surface area contributed by atoms with Crippen LogP contribution in [0.2, 0.25) is 0 Å². The van der Waals surface area contributed by atoms with Crippen molar-refractivity contribution in [1.29, 1.82) is 0 Å². The Bertz CT molecular complexity index is 886. The van der Waals surface area contributed by atoms with Gasteiger partial charge in [0, 0.05) is 12.0 Å². The number of halogens is 1. The molecule has 2 aromatic rings. The zero-order chi connectivity index (χ0) is 16.7. The molecular formula is C18H12FNO4. The number of hydrogen-bond donors (Lipinski definition) is 1. The van der Waals surface area contributed by atoms with Crippen molar-refractivity contribution < 1.29 is 23.5 Å². The number of benzene rings is 2. The molecule has 2 aliphatic rings. The van der Waals surface area contributed by atoms with Crippen LogP contribution in [0, 0.1) is 5.82 Å². The molecule has 1 amide bonds. The lowest BCUT2D eigenvalue weighted by atomic mass is 9.86. The van der Waals surface area contributed by atoms with Gasteiger partial charge in [0.25, 0.3) is 5.91 Å². The number of hydrogen-bond acceptors (Lipinski definition) is 4. The Morgan fingerprint density at radius 1 is 1.04 bits per heavy atom. The molecule has 0 unspecified atom stereocenters. The fourth-order valence-electron chi connectivity index (χ4n) is 2.66. The van der Waals surface area contributed by atoms with E-state index in [9.17, 15) is 14.0 Å². The zero-order valence-electron chi connectivity index (χ0n) is 12.5. The number of rotatable bonds is 3. The second-order valence-electron chi connectivity index (χ2n) is 5.48.